The van der Waals surface area contributed by atoms with Crippen LogP contribution in [0, 0.1) is 5.82 Å². The molecule has 0 N–H and O–H groups in total. The van der Waals surface area contributed by atoms with E-state index >= 15 is 0 Å². The summed E-state index contributed by atoms with van der Waals surface area (Å²) in [6.07, 6.45) is 1.97. The van der Waals surface area contributed by atoms with E-state index in [1.54, 1.807) is 12.1 Å². The number of rotatable bonds is 0. The van der Waals surface area contributed by atoms with Gasteiger partial charge in [-0.2, -0.15) is 4.57 Å². The van der Waals surface area contributed by atoms with Crippen LogP contribution in [0.1, 0.15) is 13.0 Å². The first-order valence-electron chi connectivity index (χ1n) is 5.02. The molecule has 1 aromatic heterocycles. The van der Waals surface area contributed by atoms with Crippen LogP contribution in [0.5, 0.6) is 5.75 Å². The Morgan fingerprint density at radius 2 is 2.27 bits per heavy atom. The molecular formula is C12H11FNO+. The molecule has 0 spiro atoms. The Hall–Kier alpha value is -1.64. The van der Waals surface area contributed by atoms with Crippen molar-refractivity contribution in [2.24, 2.45) is 0 Å². The molecule has 3 heteroatoms. The van der Waals surface area contributed by atoms with Crippen LogP contribution in [-0.4, -0.2) is 6.61 Å². The number of ether oxygens (including phenoxy) is 1. The van der Waals surface area contributed by atoms with Crippen molar-refractivity contribution in [3.05, 3.63) is 36.3 Å². The van der Waals surface area contributed by atoms with Gasteiger partial charge in [0.05, 0.1) is 5.39 Å². The zero-order valence-electron chi connectivity index (χ0n) is 8.40. The lowest BCUT2D eigenvalue weighted by molar-refractivity contribution is -0.700. The van der Waals surface area contributed by atoms with Crippen molar-refractivity contribution >= 4 is 10.9 Å². The summed E-state index contributed by atoms with van der Waals surface area (Å²) in [6, 6.07) is 7.06. The van der Waals surface area contributed by atoms with Gasteiger partial charge in [0.1, 0.15) is 12.4 Å². The van der Waals surface area contributed by atoms with Crippen molar-refractivity contribution in [3.63, 3.8) is 0 Å². The summed E-state index contributed by atoms with van der Waals surface area (Å²) in [7, 11) is 0. The fourth-order valence-corrected chi connectivity index (χ4v) is 2.07. The van der Waals surface area contributed by atoms with Crippen LogP contribution in [0.3, 0.4) is 0 Å². The highest BCUT2D eigenvalue weighted by Crippen LogP contribution is 2.28. The molecule has 0 fully saturated rings. The Morgan fingerprint density at radius 3 is 3.13 bits per heavy atom. The van der Waals surface area contributed by atoms with Gasteiger partial charge in [-0.25, -0.2) is 4.39 Å². The monoisotopic (exact) mass is 204 g/mol. The molecule has 0 aliphatic carbocycles. The molecule has 1 aliphatic heterocycles. The summed E-state index contributed by atoms with van der Waals surface area (Å²) in [5.74, 6) is 0.575. The first-order chi connectivity index (χ1) is 7.27. The van der Waals surface area contributed by atoms with E-state index in [1.165, 1.54) is 6.07 Å². The Balaban J connectivity index is 2.48. The third-order valence-electron chi connectivity index (χ3n) is 2.85. The van der Waals surface area contributed by atoms with Gasteiger partial charge in [0, 0.05) is 13.0 Å². The van der Waals surface area contributed by atoms with E-state index in [1.807, 2.05) is 12.3 Å². The van der Waals surface area contributed by atoms with E-state index in [2.05, 4.69) is 11.5 Å². The summed E-state index contributed by atoms with van der Waals surface area (Å²) >= 11 is 0. The molecule has 0 saturated carbocycles. The maximum atomic E-state index is 13.6. The molecule has 1 atom stereocenters. The lowest BCUT2D eigenvalue weighted by Gasteiger charge is -2.18. The molecule has 2 aromatic rings. The standard InChI is InChI=1S/C12H11FNO/c1-8-7-15-11-5-4-10(13)9-3-2-6-14(8)12(9)11/h2-6,8H,7H2,1H3/q+1. The van der Waals surface area contributed by atoms with Gasteiger partial charge in [0.15, 0.2) is 18.0 Å². The third kappa shape index (κ3) is 1.12. The highest BCUT2D eigenvalue weighted by molar-refractivity contribution is 5.82. The molecule has 0 amide bonds. The van der Waals surface area contributed by atoms with Crippen molar-refractivity contribution in [1.29, 1.82) is 0 Å². The Bertz CT molecular complexity index is 538. The minimum atomic E-state index is -0.194. The van der Waals surface area contributed by atoms with E-state index in [4.69, 9.17) is 4.74 Å². The fourth-order valence-electron chi connectivity index (χ4n) is 2.07. The quantitative estimate of drug-likeness (QED) is 0.600. The van der Waals surface area contributed by atoms with Gasteiger partial charge >= 0.3 is 0 Å². The van der Waals surface area contributed by atoms with E-state index in [-0.39, 0.29) is 11.9 Å². The van der Waals surface area contributed by atoms with Gasteiger partial charge in [-0.05, 0) is 18.2 Å². The van der Waals surface area contributed by atoms with Crippen LogP contribution >= 0.6 is 0 Å². The lowest BCUT2D eigenvalue weighted by atomic mass is 10.1. The molecule has 2 heterocycles. The smallest absolute Gasteiger partial charge is 0.258 e. The number of pyridine rings is 1. The number of hydrogen-bond acceptors (Lipinski definition) is 1. The van der Waals surface area contributed by atoms with Crippen molar-refractivity contribution < 1.29 is 13.7 Å². The predicted octanol–water partition coefficient (Wildman–Crippen LogP) is 2.22. The molecule has 1 unspecified atom stereocenters. The second-order valence-corrected chi connectivity index (χ2v) is 3.88. The summed E-state index contributed by atoms with van der Waals surface area (Å²) in [4.78, 5) is 0. The average Bonchev–Trinajstić information content (AvgIpc) is 2.27. The molecule has 3 rings (SSSR count). The number of aromatic nitrogens is 1. The predicted molar refractivity (Wildman–Crippen MR) is 54.3 cm³/mol. The third-order valence-corrected chi connectivity index (χ3v) is 2.85. The van der Waals surface area contributed by atoms with Gasteiger partial charge in [-0.1, -0.05) is 0 Å². The molecule has 0 bridgehead atoms. The minimum absolute atomic E-state index is 0.194. The highest BCUT2D eigenvalue weighted by Gasteiger charge is 2.27. The summed E-state index contributed by atoms with van der Waals surface area (Å²) in [5, 5.41) is 0.626. The van der Waals surface area contributed by atoms with Gasteiger partial charge < -0.3 is 4.74 Å². The average molecular weight is 204 g/mol. The van der Waals surface area contributed by atoms with Crippen LogP contribution in [0.15, 0.2) is 30.5 Å². The van der Waals surface area contributed by atoms with E-state index in [0.29, 0.717) is 12.0 Å². The van der Waals surface area contributed by atoms with E-state index in [0.717, 1.165) is 11.3 Å². The summed E-state index contributed by atoms with van der Waals surface area (Å²) in [6.45, 7) is 2.70. The molecule has 0 saturated heterocycles. The number of halogens is 1. The van der Waals surface area contributed by atoms with Crippen molar-refractivity contribution in [2.75, 3.05) is 6.61 Å². The van der Waals surface area contributed by atoms with Crippen molar-refractivity contribution in [2.45, 2.75) is 13.0 Å². The fraction of sp³-hybridized carbons (Fsp3) is 0.250. The van der Waals surface area contributed by atoms with Crippen LogP contribution < -0.4 is 9.30 Å². The second kappa shape index (κ2) is 2.92. The molecule has 2 nitrogen and oxygen atoms in total. The molecule has 15 heavy (non-hydrogen) atoms. The topological polar surface area (TPSA) is 13.1 Å². The van der Waals surface area contributed by atoms with Crippen LogP contribution in [-0.2, 0) is 0 Å². The number of nitrogens with zero attached hydrogens (tertiary/aromatic N) is 1. The first kappa shape index (κ1) is 8.65. The molecule has 76 valence electrons. The van der Waals surface area contributed by atoms with Gasteiger partial charge in [0.2, 0.25) is 0 Å². The summed E-state index contributed by atoms with van der Waals surface area (Å²) < 4.78 is 21.2. The Labute approximate surface area is 86.9 Å². The van der Waals surface area contributed by atoms with Gasteiger partial charge in [0.25, 0.3) is 5.52 Å². The van der Waals surface area contributed by atoms with Crippen LogP contribution in [0.25, 0.3) is 10.9 Å². The van der Waals surface area contributed by atoms with E-state index in [9.17, 15) is 4.39 Å². The second-order valence-electron chi connectivity index (χ2n) is 3.88. The maximum Gasteiger partial charge on any atom is 0.258 e. The number of benzene rings is 1. The zero-order chi connectivity index (χ0) is 10.4. The maximum absolute atomic E-state index is 13.6. The molecular weight excluding hydrogens is 193 g/mol. The summed E-state index contributed by atoms with van der Waals surface area (Å²) in [5.41, 5.74) is 0.858. The van der Waals surface area contributed by atoms with Gasteiger partial charge in [-0.3, -0.25) is 0 Å². The van der Waals surface area contributed by atoms with Crippen molar-refractivity contribution in [3.8, 4) is 5.75 Å². The van der Waals surface area contributed by atoms with Crippen molar-refractivity contribution in [1.82, 2.24) is 0 Å². The van der Waals surface area contributed by atoms with Gasteiger partial charge in [-0.15, -0.1) is 0 Å². The minimum Gasteiger partial charge on any atom is -0.480 e. The first-order valence-corrected chi connectivity index (χ1v) is 5.02. The molecule has 0 radical (unpaired) electrons. The highest BCUT2D eigenvalue weighted by atomic mass is 19.1. The Morgan fingerprint density at radius 1 is 1.40 bits per heavy atom. The molecule has 1 aromatic carbocycles. The molecule has 1 aliphatic rings. The van der Waals surface area contributed by atoms with E-state index < -0.39 is 0 Å². The van der Waals surface area contributed by atoms with Crippen LogP contribution in [0.2, 0.25) is 0 Å². The number of hydrogen-bond donors (Lipinski definition) is 0. The largest absolute Gasteiger partial charge is 0.480 e. The zero-order valence-corrected chi connectivity index (χ0v) is 8.40. The van der Waals surface area contributed by atoms with Crippen LogP contribution in [0.4, 0.5) is 4.39 Å². The Kier molecular flexibility index (Phi) is 1.69. The SMILES string of the molecule is CC1COc2ccc(F)c3ccc[n+]1c23. The lowest BCUT2D eigenvalue weighted by Crippen LogP contribution is -2.44. The normalized spacial score (nSPS) is 18.9.